The molecule has 1 saturated heterocycles. The van der Waals surface area contributed by atoms with Crippen LogP contribution in [0.2, 0.25) is 0 Å². The summed E-state index contributed by atoms with van der Waals surface area (Å²) in [5, 5.41) is 13.2. The number of nitrogens with one attached hydrogen (secondary N) is 1. The quantitative estimate of drug-likeness (QED) is 0.660. The average molecular weight is 416 g/mol. The minimum absolute atomic E-state index is 0.0313. The zero-order valence-corrected chi connectivity index (χ0v) is 17.6. The summed E-state index contributed by atoms with van der Waals surface area (Å²) in [5.74, 6) is 0.870. The molecule has 1 aromatic carbocycles. The van der Waals surface area contributed by atoms with Crippen molar-refractivity contribution in [1.29, 1.82) is 0 Å². The molecule has 3 heterocycles. The van der Waals surface area contributed by atoms with Gasteiger partial charge >= 0.3 is 0 Å². The number of para-hydroxylation sites is 1. The van der Waals surface area contributed by atoms with Gasteiger partial charge in [0, 0.05) is 36.4 Å². The summed E-state index contributed by atoms with van der Waals surface area (Å²) in [6, 6.07) is 11.2. The first-order chi connectivity index (χ1) is 13.7. The van der Waals surface area contributed by atoms with Crippen LogP contribution in [-0.2, 0) is 21.2 Å². The van der Waals surface area contributed by atoms with Crippen LogP contribution in [0.15, 0.2) is 40.9 Å². The number of rotatable bonds is 6. The Morgan fingerprint density at radius 1 is 1.14 bits per heavy atom. The fourth-order valence-corrected chi connectivity index (χ4v) is 4.46. The van der Waals surface area contributed by atoms with Crippen molar-refractivity contribution in [2.45, 2.75) is 31.9 Å². The summed E-state index contributed by atoms with van der Waals surface area (Å²) < 4.78 is 32.8. The summed E-state index contributed by atoms with van der Waals surface area (Å²) >= 11 is 0. The van der Waals surface area contributed by atoms with Crippen LogP contribution in [0.25, 0.3) is 11.0 Å². The van der Waals surface area contributed by atoms with E-state index in [1.807, 2.05) is 30.3 Å². The van der Waals surface area contributed by atoms with E-state index in [0.717, 1.165) is 30.0 Å². The summed E-state index contributed by atoms with van der Waals surface area (Å²) in [5.41, 5.74) is 1.94. The fourth-order valence-electron chi connectivity index (χ4n) is 3.30. The average Bonchev–Trinajstić information content (AvgIpc) is 3.02. The molecule has 2 aromatic heterocycles. The number of nitrogens with zero attached hydrogens (tertiary/aromatic N) is 4. The summed E-state index contributed by atoms with van der Waals surface area (Å²) in [6.45, 7) is 8.19. The monoisotopic (exact) mass is 415 g/mol. The standard InChI is InChI=1S/C20H25N5O3S/c1-20(2,3)18-8-9-19(23-22-18)25-11-14(12-25)10-21-29(26,27)13-16-15-6-4-5-7-17(15)28-24-16/h4-9,14,21H,10-13H2,1-3H3. The van der Waals surface area contributed by atoms with Gasteiger partial charge in [0.2, 0.25) is 10.0 Å². The van der Waals surface area contributed by atoms with Crippen molar-refractivity contribution in [2.75, 3.05) is 24.5 Å². The lowest BCUT2D eigenvalue weighted by molar-refractivity contribution is 0.401. The predicted molar refractivity (Wildman–Crippen MR) is 111 cm³/mol. The van der Waals surface area contributed by atoms with Gasteiger partial charge in [-0.15, -0.1) is 5.10 Å². The third kappa shape index (κ3) is 4.40. The Labute approximate surface area is 170 Å². The molecular formula is C20H25N5O3S. The molecule has 4 rings (SSSR count). The summed E-state index contributed by atoms with van der Waals surface area (Å²) in [7, 11) is -3.49. The van der Waals surface area contributed by atoms with Gasteiger partial charge in [0.05, 0.1) is 5.69 Å². The van der Waals surface area contributed by atoms with Crippen molar-refractivity contribution in [1.82, 2.24) is 20.1 Å². The highest BCUT2D eigenvalue weighted by Gasteiger charge is 2.30. The first-order valence-electron chi connectivity index (χ1n) is 9.61. The van der Waals surface area contributed by atoms with Crippen LogP contribution in [0.5, 0.6) is 0 Å². The first-order valence-corrected chi connectivity index (χ1v) is 11.3. The summed E-state index contributed by atoms with van der Waals surface area (Å²) in [4.78, 5) is 2.10. The van der Waals surface area contributed by atoms with Crippen molar-refractivity contribution in [3.05, 3.63) is 47.8 Å². The Bertz CT molecular complexity index is 1100. The van der Waals surface area contributed by atoms with E-state index >= 15 is 0 Å². The normalized spacial score (nSPS) is 15.6. The van der Waals surface area contributed by atoms with Crippen LogP contribution >= 0.6 is 0 Å². The van der Waals surface area contributed by atoms with Crippen molar-refractivity contribution in [3.63, 3.8) is 0 Å². The number of anilines is 1. The Balaban J connectivity index is 1.29. The maximum absolute atomic E-state index is 12.4. The Morgan fingerprint density at radius 2 is 1.90 bits per heavy atom. The van der Waals surface area contributed by atoms with Gasteiger partial charge in [-0.05, 0) is 24.3 Å². The van der Waals surface area contributed by atoms with Gasteiger partial charge in [0.15, 0.2) is 11.4 Å². The molecule has 1 aliphatic rings. The molecule has 29 heavy (non-hydrogen) atoms. The lowest BCUT2D eigenvalue weighted by Crippen LogP contribution is -2.52. The Kier molecular flexibility index (Phi) is 5.04. The molecular weight excluding hydrogens is 390 g/mol. The third-order valence-corrected chi connectivity index (χ3v) is 6.33. The van der Waals surface area contributed by atoms with Crippen LogP contribution in [-0.4, -0.2) is 43.4 Å². The molecule has 154 valence electrons. The van der Waals surface area contributed by atoms with E-state index in [-0.39, 0.29) is 17.1 Å². The Morgan fingerprint density at radius 3 is 2.59 bits per heavy atom. The van der Waals surface area contributed by atoms with E-state index in [1.165, 1.54) is 0 Å². The van der Waals surface area contributed by atoms with E-state index in [0.29, 0.717) is 17.8 Å². The molecule has 1 N–H and O–H groups in total. The molecule has 1 fully saturated rings. The van der Waals surface area contributed by atoms with Crippen LogP contribution in [0, 0.1) is 5.92 Å². The minimum Gasteiger partial charge on any atom is -0.356 e. The lowest BCUT2D eigenvalue weighted by Gasteiger charge is -2.40. The van der Waals surface area contributed by atoms with E-state index < -0.39 is 10.0 Å². The third-order valence-electron chi connectivity index (χ3n) is 5.07. The fraction of sp³-hybridized carbons (Fsp3) is 0.450. The van der Waals surface area contributed by atoms with Crippen molar-refractivity contribution in [3.8, 4) is 0 Å². The van der Waals surface area contributed by atoms with Crippen molar-refractivity contribution >= 4 is 26.8 Å². The van der Waals surface area contributed by atoms with E-state index in [1.54, 1.807) is 6.07 Å². The highest BCUT2D eigenvalue weighted by molar-refractivity contribution is 7.88. The molecule has 0 unspecified atom stereocenters. The molecule has 0 aliphatic carbocycles. The van der Waals surface area contributed by atoms with Gasteiger partial charge in [-0.3, -0.25) is 0 Å². The maximum atomic E-state index is 12.4. The van der Waals surface area contributed by atoms with E-state index in [4.69, 9.17) is 4.52 Å². The highest BCUT2D eigenvalue weighted by atomic mass is 32.2. The maximum Gasteiger partial charge on any atom is 0.217 e. The number of sulfonamides is 1. The van der Waals surface area contributed by atoms with Crippen LogP contribution in [0.4, 0.5) is 5.82 Å². The zero-order chi connectivity index (χ0) is 20.6. The second-order valence-corrected chi connectivity index (χ2v) is 10.3. The molecule has 1 aliphatic heterocycles. The van der Waals surface area contributed by atoms with Gasteiger partial charge in [0.25, 0.3) is 0 Å². The second-order valence-electron chi connectivity index (χ2n) is 8.53. The van der Waals surface area contributed by atoms with Crippen LogP contribution < -0.4 is 9.62 Å². The molecule has 0 spiro atoms. The molecule has 3 aromatic rings. The summed E-state index contributed by atoms with van der Waals surface area (Å²) in [6.07, 6.45) is 0. The number of aromatic nitrogens is 3. The predicted octanol–water partition coefficient (Wildman–Crippen LogP) is 2.47. The molecule has 0 radical (unpaired) electrons. The Hall–Kier alpha value is -2.52. The lowest BCUT2D eigenvalue weighted by atomic mass is 9.92. The van der Waals surface area contributed by atoms with Crippen molar-refractivity contribution in [2.24, 2.45) is 5.92 Å². The van der Waals surface area contributed by atoms with Crippen LogP contribution in [0.1, 0.15) is 32.2 Å². The van der Waals surface area contributed by atoms with Gasteiger partial charge in [-0.2, -0.15) is 5.10 Å². The van der Waals surface area contributed by atoms with Gasteiger partial charge in [-0.1, -0.05) is 38.1 Å². The largest absolute Gasteiger partial charge is 0.356 e. The highest BCUT2D eigenvalue weighted by Crippen LogP contribution is 2.25. The molecule has 8 nitrogen and oxygen atoms in total. The first kappa shape index (κ1) is 19.8. The van der Waals surface area contributed by atoms with Crippen LogP contribution in [0.3, 0.4) is 0 Å². The van der Waals surface area contributed by atoms with Gasteiger partial charge < -0.3 is 9.42 Å². The number of fused-ring (bicyclic) bond motifs is 1. The SMILES string of the molecule is CC(C)(C)c1ccc(N2CC(CNS(=O)(=O)Cc3noc4ccccc34)C2)nn1. The molecule has 9 heteroatoms. The number of benzene rings is 1. The molecule has 0 saturated carbocycles. The molecule has 0 amide bonds. The van der Waals surface area contributed by atoms with E-state index in [9.17, 15) is 8.42 Å². The number of hydrogen-bond donors (Lipinski definition) is 1. The second kappa shape index (κ2) is 7.38. The topological polar surface area (TPSA) is 101 Å². The zero-order valence-electron chi connectivity index (χ0n) is 16.8. The van der Waals surface area contributed by atoms with Crippen molar-refractivity contribution < 1.29 is 12.9 Å². The van der Waals surface area contributed by atoms with E-state index in [2.05, 4.69) is 45.7 Å². The smallest absolute Gasteiger partial charge is 0.217 e. The molecule has 0 bridgehead atoms. The van der Waals surface area contributed by atoms with Gasteiger partial charge in [0.1, 0.15) is 11.4 Å². The molecule has 0 atom stereocenters. The minimum atomic E-state index is -3.49. The van der Waals surface area contributed by atoms with Gasteiger partial charge in [-0.25, -0.2) is 13.1 Å². The number of hydrogen-bond acceptors (Lipinski definition) is 7.